The lowest BCUT2D eigenvalue weighted by Gasteiger charge is -2.27. The van der Waals surface area contributed by atoms with Crippen molar-refractivity contribution in [3.05, 3.63) is 34.6 Å². The molecule has 4 atom stereocenters. The van der Waals surface area contributed by atoms with Crippen LogP contribution in [0.15, 0.2) is 18.2 Å². The van der Waals surface area contributed by atoms with Gasteiger partial charge < -0.3 is 9.80 Å². The number of hydrogen-bond acceptors (Lipinski definition) is 2. The minimum Gasteiger partial charge on any atom is -0.342 e. The first kappa shape index (κ1) is 17.7. The van der Waals surface area contributed by atoms with E-state index in [0.717, 1.165) is 24.7 Å². The molecule has 0 aliphatic heterocycles. The fourth-order valence-electron chi connectivity index (χ4n) is 4.47. The van der Waals surface area contributed by atoms with Gasteiger partial charge in [0.15, 0.2) is 0 Å². The van der Waals surface area contributed by atoms with Crippen molar-refractivity contribution in [1.82, 2.24) is 9.80 Å². The molecule has 24 heavy (non-hydrogen) atoms. The van der Waals surface area contributed by atoms with Crippen molar-refractivity contribution in [3.8, 4) is 0 Å². The van der Waals surface area contributed by atoms with Crippen molar-refractivity contribution in [2.24, 2.45) is 11.8 Å². The van der Waals surface area contributed by atoms with Gasteiger partial charge in [0, 0.05) is 29.7 Å². The van der Waals surface area contributed by atoms with E-state index < -0.39 is 5.82 Å². The Morgan fingerprint density at radius 1 is 1.12 bits per heavy atom. The van der Waals surface area contributed by atoms with E-state index in [1.165, 1.54) is 18.9 Å². The van der Waals surface area contributed by atoms with Crippen LogP contribution in [0.2, 0.25) is 5.02 Å². The molecular weight excluding hydrogens is 327 g/mol. The van der Waals surface area contributed by atoms with Crippen LogP contribution >= 0.6 is 11.6 Å². The molecule has 2 saturated carbocycles. The van der Waals surface area contributed by atoms with E-state index in [1.54, 1.807) is 12.1 Å². The number of carbonyl (C=O) groups is 1. The number of likely N-dealkylation sites (N-methyl/N-ethyl adjacent to an activating group) is 1. The minimum atomic E-state index is -0.402. The third kappa shape index (κ3) is 3.45. The van der Waals surface area contributed by atoms with Gasteiger partial charge in [0.2, 0.25) is 5.91 Å². The fourth-order valence-corrected chi connectivity index (χ4v) is 4.70. The lowest BCUT2D eigenvalue weighted by atomic mass is 10.0. The van der Waals surface area contributed by atoms with Crippen molar-refractivity contribution in [3.63, 3.8) is 0 Å². The van der Waals surface area contributed by atoms with Crippen LogP contribution in [0.5, 0.6) is 0 Å². The summed E-state index contributed by atoms with van der Waals surface area (Å²) in [7, 11) is 6.15. The largest absolute Gasteiger partial charge is 0.342 e. The summed E-state index contributed by atoms with van der Waals surface area (Å²) in [5, 5.41) is 0.328. The van der Waals surface area contributed by atoms with Gasteiger partial charge in [-0.2, -0.15) is 0 Å². The second-order valence-electron chi connectivity index (χ2n) is 7.62. The zero-order valence-electron chi connectivity index (χ0n) is 14.6. The molecular formula is C19H26ClFN2O. The summed E-state index contributed by atoms with van der Waals surface area (Å²) in [6.07, 6.45) is 4.64. The van der Waals surface area contributed by atoms with Gasteiger partial charge in [0.05, 0.1) is 6.42 Å². The van der Waals surface area contributed by atoms with Gasteiger partial charge in [-0.25, -0.2) is 4.39 Å². The Balaban J connectivity index is 1.60. The van der Waals surface area contributed by atoms with Gasteiger partial charge in [-0.15, -0.1) is 0 Å². The molecule has 0 saturated heterocycles. The molecule has 1 aromatic carbocycles. The van der Waals surface area contributed by atoms with Crippen LogP contribution in [-0.4, -0.2) is 48.9 Å². The Hall–Kier alpha value is -1.13. The molecule has 2 aliphatic rings. The lowest BCUT2D eigenvalue weighted by molar-refractivity contribution is -0.131. The second-order valence-corrected chi connectivity index (χ2v) is 8.02. The average molecular weight is 353 g/mol. The van der Waals surface area contributed by atoms with Gasteiger partial charge in [-0.05, 0) is 63.7 Å². The quantitative estimate of drug-likeness (QED) is 0.826. The summed E-state index contributed by atoms with van der Waals surface area (Å²) >= 11 is 6.05. The average Bonchev–Trinajstić information content (AvgIpc) is 3.08. The summed E-state index contributed by atoms with van der Waals surface area (Å²) in [5.74, 6) is 0.988. The molecule has 5 heteroatoms. The fraction of sp³-hybridized carbons (Fsp3) is 0.632. The molecule has 2 fully saturated rings. The third-order valence-corrected chi connectivity index (χ3v) is 6.38. The zero-order chi connectivity index (χ0) is 17.4. The number of hydrogen-bond donors (Lipinski definition) is 0. The maximum atomic E-state index is 13.9. The number of rotatable bonds is 4. The Morgan fingerprint density at radius 3 is 2.25 bits per heavy atom. The van der Waals surface area contributed by atoms with Crippen LogP contribution in [0.3, 0.4) is 0 Å². The molecule has 3 nitrogen and oxygen atoms in total. The SMILES string of the molecule is CN(C)C1C[C@@H]2CC(N(C)C(=O)Cc3c(F)cccc3Cl)C[C@@H]2C1. The maximum Gasteiger partial charge on any atom is 0.227 e. The second kappa shape index (κ2) is 7.01. The molecule has 2 unspecified atom stereocenters. The zero-order valence-corrected chi connectivity index (χ0v) is 15.4. The van der Waals surface area contributed by atoms with Gasteiger partial charge in [-0.1, -0.05) is 17.7 Å². The Kier molecular flexibility index (Phi) is 5.16. The number of amides is 1. The summed E-state index contributed by atoms with van der Waals surface area (Å²) < 4.78 is 13.9. The molecule has 0 N–H and O–H groups in total. The third-order valence-electron chi connectivity index (χ3n) is 6.03. The van der Waals surface area contributed by atoms with Gasteiger partial charge in [0.25, 0.3) is 0 Å². The monoisotopic (exact) mass is 352 g/mol. The predicted molar refractivity (Wildman–Crippen MR) is 94.6 cm³/mol. The van der Waals surface area contributed by atoms with E-state index in [9.17, 15) is 9.18 Å². The van der Waals surface area contributed by atoms with E-state index in [4.69, 9.17) is 11.6 Å². The highest BCUT2D eigenvalue weighted by Gasteiger charge is 2.44. The Labute approximate surface area is 148 Å². The van der Waals surface area contributed by atoms with Gasteiger partial charge in [-0.3, -0.25) is 4.79 Å². The molecule has 0 spiro atoms. The molecule has 132 valence electrons. The van der Waals surface area contributed by atoms with E-state index in [-0.39, 0.29) is 18.4 Å². The maximum absolute atomic E-state index is 13.9. The summed E-state index contributed by atoms with van der Waals surface area (Å²) in [5.41, 5.74) is 0.307. The number of halogens is 2. The highest BCUT2D eigenvalue weighted by atomic mass is 35.5. The smallest absolute Gasteiger partial charge is 0.227 e. The first-order valence-electron chi connectivity index (χ1n) is 8.71. The Morgan fingerprint density at radius 2 is 1.71 bits per heavy atom. The van der Waals surface area contributed by atoms with Crippen molar-refractivity contribution >= 4 is 17.5 Å². The van der Waals surface area contributed by atoms with Gasteiger partial charge >= 0.3 is 0 Å². The molecule has 1 aromatic rings. The van der Waals surface area contributed by atoms with E-state index in [2.05, 4.69) is 19.0 Å². The standard InChI is InChI=1S/C19H26ClFN2O/c1-22(2)14-7-12-9-15(10-13(12)8-14)23(3)19(24)11-16-17(20)5-4-6-18(16)21/h4-6,12-15H,7-11H2,1-3H3/t12-,13+,14?,15?. The molecule has 3 rings (SSSR count). The van der Waals surface area contributed by atoms with Crippen LogP contribution in [0, 0.1) is 17.7 Å². The number of fused-ring (bicyclic) bond motifs is 1. The summed E-state index contributed by atoms with van der Waals surface area (Å²) in [6, 6.07) is 5.51. The molecule has 1 amide bonds. The van der Waals surface area contributed by atoms with Gasteiger partial charge in [0.1, 0.15) is 5.82 Å². The van der Waals surface area contributed by atoms with Crippen molar-refractivity contribution in [2.75, 3.05) is 21.1 Å². The number of carbonyl (C=O) groups excluding carboxylic acids is 1. The molecule has 2 aliphatic carbocycles. The molecule has 0 aromatic heterocycles. The van der Waals surface area contributed by atoms with Crippen molar-refractivity contribution < 1.29 is 9.18 Å². The first-order chi connectivity index (χ1) is 11.4. The van der Waals surface area contributed by atoms with E-state index in [1.807, 2.05) is 11.9 Å². The lowest BCUT2D eigenvalue weighted by Crippen LogP contribution is -2.37. The number of benzene rings is 1. The summed E-state index contributed by atoms with van der Waals surface area (Å²) in [6.45, 7) is 0. The Bertz CT molecular complexity index is 587. The van der Waals surface area contributed by atoms with Crippen LogP contribution in [0.25, 0.3) is 0 Å². The summed E-state index contributed by atoms with van der Waals surface area (Å²) in [4.78, 5) is 16.7. The van der Waals surface area contributed by atoms with Crippen LogP contribution < -0.4 is 0 Å². The highest BCUT2D eigenvalue weighted by molar-refractivity contribution is 6.31. The van der Waals surface area contributed by atoms with Crippen molar-refractivity contribution in [1.29, 1.82) is 0 Å². The van der Waals surface area contributed by atoms with Crippen LogP contribution in [-0.2, 0) is 11.2 Å². The van der Waals surface area contributed by atoms with Crippen molar-refractivity contribution in [2.45, 2.75) is 44.2 Å². The molecule has 0 heterocycles. The highest BCUT2D eigenvalue weighted by Crippen LogP contribution is 2.46. The molecule has 0 radical (unpaired) electrons. The first-order valence-corrected chi connectivity index (χ1v) is 9.09. The van der Waals surface area contributed by atoms with E-state index in [0.29, 0.717) is 16.6 Å². The molecule has 0 bridgehead atoms. The normalized spacial score (nSPS) is 29.1. The van der Waals surface area contributed by atoms with Crippen LogP contribution in [0.4, 0.5) is 4.39 Å². The topological polar surface area (TPSA) is 23.6 Å². The van der Waals surface area contributed by atoms with E-state index >= 15 is 0 Å². The number of nitrogens with zero attached hydrogens (tertiary/aromatic N) is 2. The minimum absolute atomic E-state index is 0.0359. The van der Waals surface area contributed by atoms with Crippen LogP contribution in [0.1, 0.15) is 31.2 Å². The predicted octanol–water partition coefficient (Wildman–Crippen LogP) is 3.60.